The molecule has 3 rings (SSSR count). The monoisotopic (exact) mass is 391 g/mol. The zero-order chi connectivity index (χ0) is 14.9. The number of benzene rings is 1. The van der Waals surface area contributed by atoms with E-state index in [0.717, 1.165) is 23.1 Å². The van der Waals surface area contributed by atoms with Crippen LogP contribution in [0.15, 0.2) is 16.6 Å². The van der Waals surface area contributed by atoms with Crippen molar-refractivity contribution in [2.45, 2.75) is 56.7 Å². The van der Waals surface area contributed by atoms with Gasteiger partial charge >= 0.3 is 0 Å². The predicted octanol–water partition coefficient (Wildman–Crippen LogP) is 6.05. The highest BCUT2D eigenvalue weighted by atomic mass is 79.9. The summed E-state index contributed by atoms with van der Waals surface area (Å²) in [5.74, 6) is 0. The summed E-state index contributed by atoms with van der Waals surface area (Å²) in [5.41, 5.74) is 1.05. The Kier molecular flexibility index (Phi) is 5.04. The second kappa shape index (κ2) is 6.66. The van der Waals surface area contributed by atoms with Gasteiger partial charge in [-0.15, -0.1) is 0 Å². The minimum absolute atomic E-state index is 0.172. The Bertz CT molecular complexity index is 517. The molecule has 21 heavy (non-hydrogen) atoms. The van der Waals surface area contributed by atoms with Gasteiger partial charge in [0.2, 0.25) is 0 Å². The SMILES string of the molecule is Clc1c(Br)ccc(NCC2CCC3(CCCCC3)O2)c1Cl. The zero-order valence-electron chi connectivity index (χ0n) is 11.9. The summed E-state index contributed by atoms with van der Waals surface area (Å²) >= 11 is 15.8. The van der Waals surface area contributed by atoms with Crippen LogP contribution in [0.3, 0.4) is 0 Å². The molecule has 1 aromatic rings. The standard InChI is InChI=1S/C16H20BrCl2NO/c17-12-4-5-13(15(19)14(12)18)20-10-11-6-9-16(21-11)7-2-1-3-8-16/h4-5,11,20H,1-3,6-10H2. The summed E-state index contributed by atoms with van der Waals surface area (Å²) in [6.07, 6.45) is 9.07. The third-order valence-corrected chi connectivity index (χ3v) is 6.43. The van der Waals surface area contributed by atoms with E-state index in [0.29, 0.717) is 10.0 Å². The maximum atomic E-state index is 6.36. The number of hydrogen-bond donors (Lipinski definition) is 1. The number of halogens is 3. The van der Waals surface area contributed by atoms with Gasteiger partial charge in [-0.3, -0.25) is 0 Å². The Labute approximate surface area is 144 Å². The Morgan fingerprint density at radius 1 is 1.14 bits per heavy atom. The van der Waals surface area contributed by atoms with Crippen molar-refractivity contribution in [1.29, 1.82) is 0 Å². The van der Waals surface area contributed by atoms with Gasteiger partial charge in [-0.2, -0.15) is 0 Å². The molecular formula is C16H20BrCl2NO. The van der Waals surface area contributed by atoms with Crippen LogP contribution in [-0.2, 0) is 4.74 Å². The molecule has 0 amide bonds. The normalized spacial score (nSPS) is 24.4. The molecule has 1 aliphatic heterocycles. The third kappa shape index (κ3) is 3.52. The molecule has 0 bridgehead atoms. The summed E-state index contributed by atoms with van der Waals surface area (Å²) in [6.45, 7) is 0.791. The van der Waals surface area contributed by atoms with Crippen molar-refractivity contribution in [2.24, 2.45) is 0 Å². The molecule has 0 radical (unpaired) electrons. The third-order valence-electron chi connectivity index (χ3n) is 4.66. The van der Waals surface area contributed by atoms with E-state index >= 15 is 0 Å². The molecule has 0 aromatic heterocycles. The number of rotatable bonds is 3. The molecule has 1 saturated heterocycles. The first kappa shape index (κ1) is 15.9. The highest BCUT2D eigenvalue weighted by molar-refractivity contribution is 9.10. The molecule has 1 aromatic carbocycles. The second-order valence-electron chi connectivity index (χ2n) is 6.13. The summed E-state index contributed by atoms with van der Waals surface area (Å²) < 4.78 is 7.18. The van der Waals surface area contributed by atoms with E-state index in [9.17, 15) is 0 Å². The Hall–Kier alpha value is 0.0400. The van der Waals surface area contributed by atoms with Crippen LogP contribution in [0.1, 0.15) is 44.9 Å². The number of anilines is 1. The largest absolute Gasteiger partial charge is 0.381 e. The van der Waals surface area contributed by atoms with Crippen molar-refractivity contribution in [3.05, 3.63) is 26.7 Å². The molecule has 1 aliphatic carbocycles. The van der Waals surface area contributed by atoms with Gasteiger partial charge < -0.3 is 10.1 Å². The van der Waals surface area contributed by atoms with E-state index in [1.54, 1.807) is 0 Å². The number of hydrogen-bond acceptors (Lipinski definition) is 2. The summed E-state index contributed by atoms with van der Waals surface area (Å²) in [7, 11) is 0. The number of ether oxygens (including phenoxy) is 1. The van der Waals surface area contributed by atoms with Gasteiger partial charge in [0, 0.05) is 11.0 Å². The fourth-order valence-electron chi connectivity index (χ4n) is 3.49. The topological polar surface area (TPSA) is 21.3 Å². The summed E-state index contributed by atoms with van der Waals surface area (Å²) in [5, 5.41) is 4.50. The lowest BCUT2D eigenvalue weighted by molar-refractivity contribution is -0.0588. The maximum Gasteiger partial charge on any atom is 0.0835 e. The van der Waals surface area contributed by atoms with E-state index in [4.69, 9.17) is 27.9 Å². The predicted molar refractivity (Wildman–Crippen MR) is 92.6 cm³/mol. The van der Waals surface area contributed by atoms with Crippen LogP contribution >= 0.6 is 39.1 Å². The molecule has 1 spiro atoms. The quantitative estimate of drug-likeness (QED) is 0.632. The van der Waals surface area contributed by atoms with E-state index in [1.807, 2.05) is 12.1 Å². The lowest BCUT2D eigenvalue weighted by Gasteiger charge is -2.33. The molecule has 1 N–H and O–H groups in total. The number of nitrogens with one attached hydrogen (secondary N) is 1. The van der Waals surface area contributed by atoms with Crippen molar-refractivity contribution < 1.29 is 4.74 Å². The Balaban J connectivity index is 1.58. The van der Waals surface area contributed by atoms with Crippen molar-refractivity contribution >= 4 is 44.8 Å². The highest BCUT2D eigenvalue weighted by Crippen LogP contribution is 2.42. The Morgan fingerprint density at radius 3 is 2.67 bits per heavy atom. The molecule has 1 heterocycles. The van der Waals surface area contributed by atoms with Gasteiger partial charge in [0.1, 0.15) is 0 Å². The molecule has 5 heteroatoms. The van der Waals surface area contributed by atoms with Crippen LogP contribution in [0.5, 0.6) is 0 Å². The van der Waals surface area contributed by atoms with Crippen LogP contribution in [0, 0.1) is 0 Å². The zero-order valence-corrected chi connectivity index (χ0v) is 15.0. The average Bonchev–Trinajstić information content (AvgIpc) is 2.88. The van der Waals surface area contributed by atoms with Crippen molar-refractivity contribution in [2.75, 3.05) is 11.9 Å². The summed E-state index contributed by atoms with van der Waals surface area (Å²) in [4.78, 5) is 0. The molecule has 2 aliphatic rings. The van der Waals surface area contributed by atoms with Crippen LogP contribution < -0.4 is 5.32 Å². The first-order valence-corrected chi connectivity index (χ1v) is 9.20. The van der Waals surface area contributed by atoms with Crippen molar-refractivity contribution in [3.8, 4) is 0 Å². The second-order valence-corrected chi connectivity index (χ2v) is 7.74. The van der Waals surface area contributed by atoms with Gasteiger partial charge in [-0.05, 0) is 53.7 Å². The highest BCUT2D eigenvalue weighted by Gasteiger charge is 2.40. The lowest BCUT2D eigenvalue weighted by atomic mass is 9.83. The van der Waals surface area contributed by atoms with Gasteiger partial charge in [0.25, 0.3) is 0 Å². The first-order valence-electron chi connectivity index (χ1n) is 7.65. The smallest absolute Gasteiger partial charge is 0.0835 e. The average molecular weight is 393 g/mol. The van der Waals surface area contributed by atoms with Crippen LogP contribution in [0.25, 0.3) is 0 Å². The fraction of sp³-hybridized carbons (Fsp3) is 0.625. The van der Waals surface area contributed by atoms with Crippen LogP contribution in [0.4, 0.5) is 5.69 Å². The lowest BCUT2D eigenvalue weighted by Crippen LogP contribution is -2.33. The maximum absolute atomic E-state index is 6.36. The summed E-state index contributed by atoms with van der Waals surface area (Å²) in [6, 6.07) is 3.86. The van der Waals surface area contributed by atoms with Gasteiger partial charge in [-0.25, -0.2) is 0 Å². The van der Waals surface area contributed by atoms with E-state index in [1.165, 1.54) is 38.5 Å². The van der Waals surface area contributed by atoms with E-state index < -0.39 is 0 Å². The van der Waals surface area contributed by atoms with Crippen molar-refractivity contribution in [3.63, 3.8) is 0 Å². The first-order chi connectivity index (χ1) is 10.1. The molecule has 1 unspecified atom stereocenters. The molecule has 2 nitrogen and oxygen atoms in total. The molecule has 1 saturated carbocycles. The van der Waals surface area contributed by atoms with Crippen molar-refractivity contribution in [1.82, 2.24) is 0 Å². The minimum atomic E-state index is 0.172. The van der Waals surface area contributed by atoms with Gasteiger partial charge in [-0.1, -0.05) is 42.5 Å². The van der Waals surface area contributed by atoms with Crippen LogP contribution in [-0.4, -0.2) is 18.2 Å². The Morgan fingerprint density at radius 2 is 1.90 bits per heavy atom. The van der Waals surface area contributed by atoms with Crippen LogP contribution in [0.2, 0.25) is 10.0 Å². The fourth-order valence-corrected chi connectivity index (χ4v) is 4.33. The molecule has 1 atom stereocenters. The molecular weight excluding hydrogens is 373 g/mol. The van der Waals surface area contributed by atoms with E-state index in [2.05, 4.69) is 21.2 Å². The van der Waals surface area contributed by atoms with Gasteiger partial charge in [0.05, 0.1) is 27.4 Å². The van der Waals surface area contributed by atoms with Gasteiger partial charge in [0.15, 0.2) is 0 Å². The minimum Gasteiger partial charge on any atom is -0.381 e. The molecule has 2 fully saturated rings. The van der Waals surface area contributed by atoms with E-state index in [-0.39, 0.29) is 11.7 Å². The molecule has 116 valence electrons.